The zero-order chi connectivity index (χ0) is 21.8. The summed E-state index contributed by atoms with van der Waals surface area (Å²) in [4.78, 5) is 26.0. The van der Waals surface area contributed by atoms with E-state index in [1.165, 1.54) is 12.1 Å². The molecule has 0 bridgehead atoms. The molecule has 1 amide bonds. The number of amides is 1. The Bertz CT molecular complexity index is 1090. The maximum absolute atomic E-state index is 13.7. The van der Waals surface area contributed by atoms with Gasteiger partial charge in [0.1, 0.15) is 0 Å². The molecule has 1 atom stereocenters. The summed E-state index contributed by atoms with van der Waals surface area (Å²) in [5, 5.41) is 8.07. The maximum atomic E-state index is 13.7. The van der Waals surface area contributed by atoms with Gasteiger partial charge in [0, 0.05) is 24.2 Å². The molecule has 1 fully saturated rings. The first kappa shape index (κ1) is 21.0. The minimum absolute atomic E-state index is 0.0941. The first-order valence-corrected chi connectivity index (χ1v) is 10.8. The highest BCUT2D eigenvalue weighted by atomic mass is 32.2. The number of para-hydroxylation sites is 1. The molecular formula is C22H20FN3O4S. The normalized spacial score (nSPS) is 14.6. The van der Waals surface area contributed by atoms with Gasteiger partial charge in [-0.05, 0) is 49.7 Å². The van der Waals surface area contributed by atoms with Gasteiger partial charge in [0.25, 0.3) is 11.1 Å². The molecule has 2 heterocycles. The Labute approximate surface area is 182 Å². The first-order valence-electron chi connectivity index (χ1n) is 9.82. The third kappa shape index (κ3) is 4.93. The van der Waals surface area contributed by atoms with Gasteiger partial charge in [-0.25, -0.2) is 4.39 Å². The fourth-order valence-corrected chi connectivity index (χ4v) is 3.85. The van der Waals surface area contributed by atoms with Crippen LogP contribution in [0, 0.1) is 5.82 Å². The lowest BCUT2D eigenvalue weighted by molar-refractivity contribution is -0.117. The van der Waals surface area contributed by atoms with E-state index in [2.05, 4.69) is 10.2 Å². The average Bonchev–Trinajstić information content (AvgIpc) is 3.43. The van der Waals surface area contributed by atoms with Gasteiger partial charge < -0.3 is 14.1 Å². The van der Waals surface area contributed by atoms with Crippen LogP contribution < -0.4 is 9.64 Å². The highest BCUT2D eigenvalue weighted by Crippen LogP contribution is 2.26. The number of aromatic nitrogens is 2. The van der Waals surface area contributed by atoms with E-state index >= 15 is 0 Å². The van der Waals surface area contributed by atoms with Crippen LogP contribution in [0.4, 0.5) is 10.1 Å². The number of Topliss-reactive ketones (excluding diaryl/α,β-unsaturated/α-hetero) is 1. The summed E-state index contributed by atoms with van der Waals surface area (Å²) in [5.41, 5.74) is 1.34. The average molecular weight is 441 g/mol. The van der Waals surface area contributed by atoms with Crippen molar-refractivity contribution in [2.24, 2.45) is 0 Å². The molecule has 0 unspecified atom stereocenters. The number of thioether (sulfide) groups is 1. The molecule has 1 aliphatic heterocycles. The number of hydrogen-bond acceptors (Lipinski definition) is 7. The van der Waals surface area contributed by atoms with E-state index in [0.717, 1.165) is 23.9 Å². The monoisotopic (exact) mass is 441 g/mol. The van der Waals surface area contributed by atoms with E-state index in [4.69, 9.17) is 9.15 Å². The minimum atomic E-state index is -0.643. The van der Waals surface area contributed by atoms with Crippen molar-refractivity contribution in [3.8, 4) is 5.75 Å². The van der Waals surface area contributed by atoms with Gasteiger partial charge in [-0.2, -0.15) is 0 Å². The van der Waals surface area contributed by atoms with Crippen LogP contribution in [-0.4, -0.2) is 34.2 Å². The van der Waals surface area contributed by atoms with Crippen LogP contribution in [0.25, 0.3) is 0 Å². The Kier molecular flexibility index (Phi) is 6.31. The summed E-state index contributed by atoms with van der Waals surface area (Å²) < 4.78 is 24.8. The maximum Gasteiger partial charge on any atom is 0.277 e. The third-order valence-electron chi connectivity index (χ3n) is 4.81. The summed E-state index contributed by atoms with van der Waals surface area (Å²) in [6.45, 7) is 2.38. The lowest BCUT2D eigenvalue weighted by Crippen LogP contribution is -2.23. The summed E-state index contributed by atoms with van der Waals surface area (Å²) in [6.07, 6.45) is 0.773. The molecule has 4 rings (SSSR count). The zero-order valence-corrected chi connectivity index (χ0v) is 17.6. The quantitative estimate of drug-likeness (QED) is 0.377. The van der Waals surface area contributed by atoms with Crippen LogP contribution in [0.15, 0.2) is 58.2 Å². The fourth-order valence-electron chi connectivity index (χ4n) is 3.18. The Hall–Kier alpha value is -3.20. The second kappa shape index (κ2) is 9.30. The van der Waals surface area contributed by atoms with Crippen LogP contribution in [-0.2, 0) is 4.79 Å². The number of halogens is 1. The predicted molar refractivity (Wildman–Crippen MR) is 113 cm³/mol. The number of nitrogens with zero attached hydrogens (tertiary/aromatic N) is 3. The van der Waals surface area contributed by atoms with Crippen LogP contribution in [0.5, 0.6) is 5.75 Å². The molecule has 31 heavy (non-hydrogen) atoms. The van der Waals surface area contributed by atoms with Gasteiger partial charge in [-0.1, -0.05) is 23.9 Å². The summed E-state index contributed by atoms with van der Waals surface area (Å²) >= 11 is 1.12. The molecule has 1 saturated heterocycles. The largest absolute Gasteiger partial charge is 0.478 e. The molecule has 160 valence electrons. The lowest BCUT2D eigenvalue weighted by atomic mass is 10.1. The highest BCUT2D eigenvalue weighted by molar-refractivity contribution is 7.99. The number of ether oxygens (including phenoxy) is 1. The second-order valence-corrected chi connectivity index (χ2v) is 7.93. The molecule has 1 aliphatic rings. The van der Waals surface area contributed by atoms with E-state index in [9.17, 15) is 14.0 Å². The molecule has 1 aromatic heterocycles. The van der Waals surface area contributed by atoms with Crippen LogP contribution in [0.2, 0.25) is 0 Å². The Morgan fingerprint density at radius 3 is 2.71 bits per heavy atom. The zero-order valence-electron chi connectivity index (χ0n) is 16.8. The molecule has 3 aromatic rings. The molecule has 0 N–H and O–H groups in total. The van der Waals surface area contributed by atoms with Crippen molar-refractivity contribution >= 4 is 29.1 Å². The fraction of sp³-hybridized carbons (Fsp3) is 0.273. The number of hydrogen-bond donors (Lipinski definition) is 0. The highest BCUT2D eigenvalue weighted by Gasteiger charge is 2.22. The van der Waals surface area contributed by atoms with Gasteiger partial charge in [-0.3, -0.25) is 9.59 Å². The van der Waals surface area contributed by atoms with Gasteiger partial charge in [0.05, 0.1) is 5.75 Å². The number of rotatable bonds is 8. The number of benzene rings is 2. The molecule has 0 aliphatic carbocycles. The van der Waals surface area contributed by atoms with E-state index in [1.807, 2.05) is 0 Å². The first-order chi connectivity index (χ1) is 15.0. The topological polar surface area (TPSA) is 85.5 Å². The van der Waals surface area contributed by atoms with Gasteiger partial charge >= 0.3 is 0 Å². The van der Waals surface area contributed by atoms with Crippen molar-refractivity contribution in [3.63, 3.8) is 0 Å². The van der Waals surface area contributed by atoms with Gasteiger partial charge in [0.15, 0.2) is 23.5 Å². The Morgan fingerprint density at radius 2 is 2.00 bits per heavy atom. The molecule has 0 saturated carbocycles. The van der Waals surface area contributed by atoms with Gasteiger partial charge in [0.2, 0.25) is 5.91 Å². The molecule has 0 radical (unpaired) electrons. The number of carbonyl (C=O) groups excluding carboxylic acids is 2. The Morgan fingerprint density at radius 1 is 1.23 bits per heavy atom. The molecule has 7 nitrogen and oxygen atoms in total. The minimum Gasteiger partial charge on any atom is -0.478 e. The lowest BCUT2D eigenvalue weighted by Gasteiger charge is -2.15. The molecule has 9 heteroatoms. The van der Waals surface area contributed by atoms with E-state index in [-0.39, 0.29) is 34.3 Å². The molecule has 2 aromatic carbocycles. The van der Waals surface area contributed by atoms with Crippen molar-refractivity contribution in [2.45, 2.75) is 31.1 Å². The summed E-state index contributed by atoms with van der Waals surface area (Å²) in [7, 11) is 0. The van der Waals surface area contributed by atoms with Crippen LogP contribution >= 0.6 is 11.8 Å². The van der Waals surface area contributed by atoms with Crippen molar-refractivity contribution in [3.05, 3.63) is 65.8 Å². The van der Waals surface area contributed by atoms with Crippen LogP contribution in [0.1, 0.15) is 42.1 Å². The van der Waals surface area contributed by atoms with Crippen molar-refractivity contribution < 1.29 is 23.1 Å². The van der Waals surface area contributed by atoms with Gasteiger partial charge in [-0.15, -0.1) is 10.2 Å². The molecule has 0 spiro atoms. The van der Waals surface area contributed by atoms with Crippen molar-refractivity contribution in [2.75, 3.05) is 17.2 Å². The van der Waals surface area contributed by atoms with Crippen molar-refractivity contribution in [1.29, 1.82) is 0 Å². The number of ketones is 1. The summed E-state index contributed by atoms with van der Waals surface area (Å²) in [6, 6.07) is 13.1. The van der Waals surface area contributed by atoms with E-state index < -0.39 is 11.9 Å². The van der Waals surface area contributed by atoms with E-state index in [1.54, 1.807) is 48.2 Å². The standard InChI is InChI=1S/C22H20FN3O4S/c1-14(29-19-6-3-2-5-17(19)23)21-24-25-22(30-21)31-13-18(27)15-8-10-16(11-9-15)26-12-4-7-20(26)28/h2-3,5-6,8-11,14H,4,7,12-13H2,1H3/t14-/m1/s1. The van der Waals surface area contributed by atoms with Crippen LogP contribution in [0.3, 0.4) is 0 Å². The third-order valence-corrected chi connectivity index (χ3v) is 5.63. The second-order valence-electron chi connectivity index (χ2n) is 7.00. The van der Waals surface area contributed by atoms with E-state index in [0.29, 0.717) is 18.5 Å². The summed E-state index contributed by atoms with van der Waals surface area (Å²) in [5.74, 6) is -0.0648. The number of carbonyl (C=O) groups is 2. The number of anilines is 1. The molecular weight excluding hydrogens is 421 g/mol. The Balaban J connectivity index is 1.32. The smallest absolute Gasteiger partial charge is 0.277 e. The SMILES string of the molecule is C[C@@H](Oc1ccccc1F)c1nnc(SCC(=O)c2ccc(N3CCCC3=O)cc2)o1. The van der Waals surface area contributed by atoms with Crippen molar-refractivity contribution in [1.82, 2.24) is 10.2 Å². The predicted octanol–water partition coefficient (Wildman–Crippen LogP) is 4.45.